The van der Waals surface area contributed by atoms with E-state index in [-0.39, 0.29) is 23.3 Å². The second-order valence-corrected chi connectivity index (χ2v) is 8.50. The number of phenolic OH excluding ortho intramolecular Hbond substituents is 1. The van der Waals surface area contributed by atoms with Crippen LogP contribution in [0.5, 0.6) is 11.5 Å². The van der Waals surface area contributed by atoms with Gasteiger partial charge in [0.25, 0.3) is 0 Å². The molecule has 3 rings (SSSR count). The average molecular weight is 349 g/mol. The molecule has 0 aliphatic carbocycles. The summed E-state index contributed by atoms with van der Waals surface area (Å²) in [4.78, 5) is 2.14. The molecular formula is C18H23NO4S. The van der Waals surface area contributed by atoms with Crippen molar-refractivity contribution in [3.8, 4) is 11.5 Å². The molecule has 2 aromatic carbocycles. The van der Waals surface area contributed by atoms with Gasteiger partial charge in [-0.1, -0.05) is 19.1 Å². The average Bonchev–Trinajstić information content (AvgIpc) is 2.93. The summed E-state index contributed by atoms with van der Waals surface area (Å²) in [7, 11) is -1.31. The number of benzene rings is 2. The Hall–Kier alpha value is -1.79. The predicted molar refractivity (Wildman–Crippen MR) is 95.3 cm³/mol. The summed E-state index contributed by atoms with van der Waals surface area (Å²) in [6.07, 6.45) is 0.658. The van der Waals surface area contributed by atoms with E-state index in [4.69, 9.17) is 4.74 Å². The predicted octanol–water partition coefficient (Wildman–Crippen LogP) is 2.56. The van der Waals surface area contributed by atoms with Crippen molar-refractivity contribution in [3.63, 3.8) is 0 Å². The second-order valence-electron chi connectivity index (χ2n) is 6.27. The van der Waals surface area contributed by atoms with Crippen LogP contribution in [0.15, 0.2) is 30.3 Å². The van der Waals surface area contributed by atoms with Crippen molar-refractivity contribution in [2.45, 2.75) is 25.9 Å². The van der Waals surface area contributed by atoms with Crippen molar-refractivity contribution >= 4 is 20.6 Å². The Labute approximate surface area is 142 Å². The first kappa shape index (κ1) is 17.0. The summed E-state index contributed by atoms with van der Waals surface area (Å²) in [5.41, 5.74) is 0.817. The molecule has 0 aromatic heterocycles. The van der Waals surface area contributed by atoms with Gasteiger partial charge in [-0.2, -0.15) is 0 Å². The van der Waals surface area contributed by atoms with Gasteiger partial charge in [-0.25, -0.2) is 8.42 Å². The molecule has 0 bridgehead atoms. The van der Waals surface area contributed by atoms with Crippen molar-refractivity contribution in [1.29, 1.82) is 0 Å². The van der Waals surface area contributed by atoms with Crippen LogP contribution in [-0.2, 0) is 16.4 Å². The monoisotopic (exact) mass is 349 g/mol. The standard InChI is InChI=1S/C18H23NO4S/c1-3-19(14-8-9-24(21,22)12-14)11-17-16-10-15(23-2)6-4-13(16)5-7-18(17)20/h4-7,10,14,20H,3,8-9,11-12H2,1-2H3/t14-/m1/s1. The summed E-state index contributed by atoms with van der Waals surface area (Å²) in [5.74, 6) is 1.43. The van der Waals surface area contributed by atoms with Crippen molar-refractivity contribution in [3.05, 3.63) is 35.9 Å². The van der Waals surface area contributed by atoms with Gasteiger partial charge in [-0.05, 0) is 41.9 Å². The fourth-order valence-corrected chi connectivity index (χ4v) is 5.17. The second kappa shape index (κ2) is 6.61. The Morgan fingerprint density at radius 2 is 2.04 bits per heavy atom. The van der Waals surface area contributed by atoms with Gasteiger partial charge in [0, 0.05) is 18.2 Å². The highest BCUT2D eigenvalue weighted by molar-refractivity contribution is 7.91. The third kappa shape index (κ3) is 3.35. The Balaban J connectivity index is 1.97. The molecule has 130 valence electrons. The molecule has 1 heterocycles. The zero-order valence-corrected chi connectivity index (χ0v) is 14.8. The van der Waals surface area contributed by atoms with Crippen molar-refractivity contribution in [2.24, 2.45) is 0 Å². The van der Waals surface area contributed by atoms with Crippen LogP contribution >= 0.6 is 0 Å². The molecule has 1 atom stereocenters. The maximum Gasteiger partial charge on any atom is 0.151 e. The zero-order valence-electron chi connectivity index (χ0n) is 14.0. The molecule has 0 amide bonds. The van der Waals surface area contributed by atoms with E-state index < -0.39 is 9.84 Å². The van der Waals surface area contributed by atoms with Gasteiger partial charge in [0.2, 0.25) is 0 Å². The summed E-state index contributed by atoms with van der Waals surface area (Å²) in [6.45, 7) is 3.28. The molecule has 0 unspecified atom stereocenters. The van der Waals surface area contributed by atoms with Crippen molar-refractivity contribution in [2.75, 3.05) is 25.2 Å². The molecule has 0 saturated carbocycles. The molecule has 24 heavy (non-hydrogen) atoms. The summed E-state index contributed by atoms with van der Waals surface area (Å²) in [5, 5.41) is 12.3. The quantitative estimate of drug-likeness (QED) is 0.899. The minimum absolute atomic E-state index is 0.0141. The minimum atomic E-state index is -2.93. The molecule has 5 nitrogen and oxygen atoms in total. The van der Waals surface area contributed by atoms with Crippen LogP contribution in [0.3, 0.4) is 0 Å². The van der Waals surface area contributed by atoms with Crippen LogP contribution in [0, 0.1) is 0 Å². The number of hydrogen-bond donors (Lipinski definition) is 1. The molecule has 2 aromatic rings. The van der Waals surface area contributed by atoms with E-state index in [2.05, 4.69) is 4.90 Å². The normalized spacial score (nSPS) is 19.9. The van der Waals surface area contributed by atoms with Crippen molar-refractivity contribution < 1.29 is 18.3 Å². The fraction of sp³-hybridized carbons (Fsp3) is 0.444. The van der Waals surface area contributed by atoms with E-state index in [1.807, 2.05) is 31.2 Å². The Kier molecular flexibility index (Phi) is 4.69. The van der Waals surface area contributed by atoms with Gasteiger partial charge in [0.05, 0.1) is 18.6 Å². The van der Waals surface area contributed by atoms with Gasteiger partial charge >= 0.3 is 0 Å². The lowest BCUT2D eigenvalue weighted by molar-refractivity contribution is 0.213. The molecule has 1 N–H and O–H groups in total. The first-order valence-electron chi connectivity index (χ1n) is 8.16. The van der Waals surface area contributed by atoms with Crippen molar-refractivity contribution in [1.82, 2.24) is 4.90 Å². The number of rotatable bonds is 5. The highest BCUT2D eigenvalue weighted by Crippen LogP contribution is 2.32. The number of hydrogen-bond acceptors (Lipinski definition) is 5. The number of sulfone groups is 1. The third-order valence-corrected chi connectivity index (χ3v) is 6.56. The SMILES string of the molecule is CCN(Cc1c(O)ccc2ccc(OC)cc12)[C@@H]1CCS(=O)(=O)C1. The van der Waals surface area contributed by atoms with Crippen LogP contribution in [0.1, 0.15) is 18.9 Å². The van der Waals surface area contributed by atoms with Crippen LogP contribution < -0.4 is 4.74 Å². The van der Waals surface area contributed by atoms with Gasteiger partial charge in [-0.15, -0.1) is 0 Å². The van der Waals surface area contributed by atoms with E-state index in [0.717, 1.165) is 28.6 Å². The lowest BCUT2D eigenvalue weighted by Crippen LogP contribution is -2.35. The number of ether oxygens (including phenoxy) is 1. The molecule has 1 aliphatic heterocycles. The number of aromatic hydroxyl groups is 1. The molecule has 6 heteroatoms. The highest BCUT2D eigenvalue weighted by Gasteiger charge is 2.32. The van der Waals surface area contributed by atoms with Gasteiger partial charge in [-0.3, -0.25) is 4.90 Å². The summed E-state index contributed by atoms with van der Waals surface area (Å²) in [6, 6.07) is 9.37. The van der Waals surface area contributed by atoms with E-state index in [0.29, 0.717) is 13.0 Å². The smallest absolute Gasteiger partial charge is 0.151 e. The largest absolute Gasteiger partial charge is 0.508 e. The first-order valence-corrected chi connectivity index (χ1v) is 9.98. The molecule has 0 radical (unpaired) electrons. The number of nitrogens with zero attached hydrogens (tertiary/aromatic N) is 1. The maximum absolute atomic E-state index is 11.8. The number of methoxy groups -OCH3 is 1. The molecule has 1 fully saturated rings. The molecular weight excluding hydrogens is 326 g/mol. The van der Waals surface area contributed by atoms with Crippen LogP contribution in [-0.4, -0.2) is 49.6 Å². The van der Waals surface area contributed by atoms with Crippen LogP contribution in [0.4, 0.5) is 0 Å². The number of phenols is 1. The molecule has 0 spiro atoms. The van der Waals surface area contributed by atoms with E-state index in [1.165, 1.54) is 0 Å². The lowest BCUT2D eigenvalue weighted by Gasteiger charge is -2.27. The Morgan fingerprint density at radius 3 is 2.67 bits per heavy atom. The fourth-order valence-electron chi connectivity index (χ4n) is 3.41. The van der Waals surface area contributed by atoms with Gasteiger partial charge < -0.3 is 9.84 Å². The Morgan fingerprint density at radius 1 is 1.29 bits per heavy atom. The third-order valence-electron chi connectivity index (χ3n) is 4.81. The van der Waals surface area contributed by atoms with Crippen LogP contribution in [0.2, 0.25) is 0 Å². The highest BCUT2D eigenvalue weighted by atomic mass is 32.2. The maximum atomic E-state index is 11.8. The van der Waals surface area contributed by atoms with Crippen LogP contribution in [0.25, 0.3) is 10.8 Å². The number of fused-ring (bicyclic) bond motifs is 1. The summed E-state index contributed by atoms with van der Waals surface area (Å²) < 4.78 is 28.9. The molecule has 1 saturated heterocycles. The topological polar surface area (TPSA) is 66.8 Å². The Bertz CT molecular complexity index is 847. The molecule has 1 aliphatic rings. The lowest BCUT2D eigenvalue weighted by atomic mass is 10.0. The summed E-state index contributed by atoms with van der Waals surface area (Å²) >= 11 is 0. The zero-order chi connectivity index (χ0) is 17.3. The van der Waals surface area contributed by atoms with E-state index in [9.17, 15) is 13.5 Å². The van der Waals surface area contributed by atoms with Gasteiger partial charge in [0.1, 0.15) is 11.5 Å². The first-order chi connectivity index (χ1) is 11.4. The van der Waals surface area contributed by atoms with Gasteiger partial charge in [0.15, 0.2) is 9.84 Å². The van der Waals surface area contributed by atoms with E-state index in [1.54, 1.807) is 13.2 Å². The van der Waals surface area contributed by atoms with E-state index >= 15 is 0 Å². The minimum Gasteiger partial charge on any atom is -0.508 e.